The van der Waals surface area contributed by atoms with Gasteiger partial charge in [-0.1, -0.05) is 35.9 Å². The molecule has 2 N–H and O–H groups in total. The Kier molecular flexibility index (Phi) is 4.91. The van der Waals surface area contributed by atoms with Crippen molar-refractivity contribution in [2.45, 2.75) is 24.8 Å². The maximum Gasteiger partial charge on any atom is 0.407 e. The lowest BCUT2D eigenvalue weighted by Gasteiger charge is -2.47. The highest BCUT2D eigenvalue weighted by atomic mass is 35.5. The Bertz CT molecular complexity index is 1420. The van der Waals surface area contributed by atoms with Crippen molar-refractivity contribution in [2.75, 3.05) is 14.2 Å². The lowest BCUT2D eigenvalue weighted by atomic mass is 9.70. The van der Waals surface area contributed by atoms with Gasteiger partial charge in [0.05, 0.1) is 23.2 Å². The molecule has 2 heterocycles. The second-order valence-electron chi connectivity index (χ2n) is 8.11. The van der Waals surface area contributed by atoms with E-state index in [1.165, 1.54) is 16.2 Å². The lowest BCUT2D eigenvalue weighted by molar-refractivity contribution is 0.0378. The van der Waals surface area contributed by atoms with E-state index < -0.39 is 11.6 Å². The summed E-state index contributed by atoms with van der Waals surface area (Å²) in [4.78, 5) is 28.5. The van der Waals surface area contributed by atoms with Gasteiger partial charge in [0.25, 0.3) is 5.56 Å². The number of halogens is 1. The zero-order valence-corrected chi connectivity index (χ0v) is 19.1. The van der Waals surface area contributed by atoms with Crippen molar-refractivity contribution in [2.24, 2.45) is 0 Å². The Hall–Kier alpha value is -3.03. The average Bonchev–Trinajstić information content (AvgIpc) is 3.25. The van der Waals surface area contributed by atoms with Crippen molar-refractivity contribution in [3.05, 3.63) is 62.7 Å². The number of ether oxygens (including phenoxy) is 1. The second kappa shape index (κ2) is 7.53. The molecule has 164 valence electrons. The standard InChI is InChI=1S/C24H21ClN2O4S/c1-27(23(29)30)24(9-3-10-24)14-6-4-13(5-7-14)18-17(31-2)12-16(25)20-19(18)15-8-11-32-21(15)22(28)26-20/h4-8,11-12H,3,9-10H2,1-2H3,(H,26,28)(H,29,30). The first-order chi connectivity index (χ1) is 15.4. The number of carbonyl (C=O) groups is 1. The summed E-state index contributed by atoms with van der Waals surface area (Å²) in [7, 11) is 3.23. The fourth-order valence-electron chi connectivity index (χ4n) is 4.78. The Balaban J connectivity index is 1.73. The van der Waals surface area contributed by atoms with Crippen molar-refractivity contribution in [3.8, 4) is 16.9 Å². The summed E-state index contributed by atoms with van der Waals surface area (Å²) >= 11 is 7.89. The number of aromatic nitrogens is 1. The van der Waals surface area contributed by atoms with Gasteiger partial charge in [0.15, 0.2) is 0 Å². The largest absolute Gasteiger partial charge is 0.496 e. The van der Waals surface area contributed by atoms with Crippen LogP contribution in [0.3, 0.4) is 0 Å². The van der Waals surface area contributed by atoms with Crippen LogP contribution in [0.15, 0.2) is 46.6 Å². The highest BCUT2D eigenvalue weighted by Crippen LogP contribution is 2.47. The minimum absolute atomic E-state index is 0.167. The monoisotopic (exact) mass is 468 g/mol. The fourth-order valence-corrected chi connectivity index (χ4v) is 5.81. The normalized spacial score (nSPS) is 15.0. The Morgan fingerprint density at radius 1 is 1.25 bits per heavy atom. The third kappa shape index (κ3) is 2.92. The van der Waals surface area contributed by atoms with Gasteiger partial charge in [0, 0.05) is 29.4 Å². The van der Waals surface area contributed by atoms with E-state index in [4.69, 9.17) is 16.3 Å². The van der Waals surface area contributed by atoms with Crippen LogP contribution in [0.4, 0.5) is 4.79 Å². The lowest BCUT2D eigenvalue weighted by Crippen LogP contribution is -2.51. The van der Waals surface area contributed by atoms with Gasteiger partial charge in [-0.05, 0) is 41.8 Å². The summed E-state index contributed by atoms with van der Waals surface area (Å²) in [6, 6.07) is 11.6. The summed E-state index contributed by atoms with van der Waals surface area (Å²) in [5.74, 6) is 0.607. The fraction of sp³-hybridized carbons (Fsp3) is 0.250. The molecule has 1 aliphatic rings. The van der Waals surface area contributed by atoms with E-state index in [9.17, 15) is 14.7 Å². The summed E-state index contributed by atoms with van der Waals surface area (Å²) < 4.78 is 6.32. The molecular formula is C24H21ClN2O4S. The highest BCUT2D eigenvalue weighted by molar-refractivity contribution is 7.17. The molecule has 0 saturated heterocycles. The molecule has 0 unspecified atom stereocenters. The van der Waals surface area contributed by atoms with Gasteiger partial charge in [-0.3, -0.25) is 4.79 Å². The minimum Gasteiger partial charge on any atom is -0.496 e. The molecule has 0 atom stereocenters. The van der Waals surface area contributed by atoms with E-state index in [1.807, 2.05) is 35.7 Å². The molecule has 1 fully saturated rings. The summed E-state index contributed by atoms with van der Waals surface area (Å²) in [5, 5.41) is 13.5. The number of thiophene rings is 1. The van der Waals surface area contributed by atoms with Crippen LogP contribution in [0.25, 0.3) is 32.1 Å². The van der Waals surface area contributed by atoms with E-state index in [2.05, 4.69) is 4.98 Å². The zero-order chi connectivity index (χ0) is 22.6. The third-order valence-electron chi connectivity index (χ3n) is 6.66. The van der Waals surface area contributed by atoms with Crippen LogP contribution in [0.1, 0.15) is 24.8 Å². The van der Waals surface area contributed by atoms with E-state index >= 15 is 0 Å². The number of hydrogen-bond acceptors (Lipinski definition) is 4. The number of carboxylic acid groups (broad SMARTS) is 1. The molecule has 0 bridgehead atoms. The number of methoxy groups -OCH3 is 1. The quantitative estimate of drug-likeness (QED) is 0.381. The number of rotatable bonds is 4. The van der Waals surface area contributed by atoms with Crippen molar-refractivity contribution in [1.82, 2.24) is 9.88 Å². The molecule has 0 radical (unpaired) electrons. The van der Waals surface area contributed by atoms with E-state index in [-0.39, 0.29) is 5.56 Å². The number of pyridine rings is 1. The summed E-state index contributed by atoms with van der Waals surface area (Å²) in [5.41, 5.74) is 2.64. The van der Waals surface area contributed by atoms with Crippen LogP contribution >= 0.6 is 22.9 Å². The maximum absolute atomic E-state index is 12.5. The van der Waals surface area contributed by atoms with Crippen molar-refractivity contribution in [3.63, 3.8) is 0 Å². The first kappa shape index (κ1) is 20.8. The Labute approximate surface area is 193 Å². The van der Waals surface area contributed by atoms with Crippen LogP contribution in [-0.4, -0.2) is 35.2 Å². The van der Waals surface area contributed by atoms with Gasteiger partial charge >= 0.3 is 6.09 Å². The molecule has 2 aromatic heterocycles. The van der Waals surface area contributed by atoms with Gasteiger partial charge in [0.1, 0.15) is 10.4 Å². The number of fused-ring (bicyclic) bond motifs is 3. The average molecular weight is 469 g/mol. The number of nitrogens with one attached hydrogen (secondary N) is 1. The number of hydrogen-bond donors (Lipinski definition) is 2. The summed E-state index contributed by atoms with van der Waals surface area (Å²) in [6.07, 6.45) is 1.68. The molecule has 4 aromatic rings. The van der Waals surface area contributed by atoms with E-state index in [0.29, 0.717) is 21.0 Å². The van der Waals surface area contributed by atoms with Crippen molar-refractivity contribution >= 4 is 50.0 Å². The predicted octanol–water partition coefficient (Wildman–Crippen LogP) is 6.06. The zero-order valence-electron chi connectivity index (χ0n) is 17.6. The van der Waals surface area contributed by atoms with Gasteiger partial charge in [0.2, 0.25) is 0 Å². The molecule has 1 saturated carbocycles. The number of H-pyrrole nitrogens is 1. The predicted molar refractivity (Wildman–Crippen MR) is 128 cm³/mol. The van der Waals surface area contributed by atoms with Crippen molar-refractivity contribution in [1.29, 1.82) is 0 Å². The number of aromatic amines is 1. The van der Waals surface area contributed by atoms with Gasteiger partial charge in [-0.25, -0.2) is 4.79 Å². The van der Waals surface area contributed by atoms with Gasteiger partial charge < -0.3 is 19.7 Å². The number of benzene rings is 2. The maximum atomic E-state index is 12.5. The van der Waals surface area contributed by atoms with Gasteiger partial charge in [-0.2, -0.15) is 0 Å². The smallest absolute Gasteiger partial charge is 0.407 e. The summed E-state index contributed by atoms with van der Waals surface area (Å²) in [6.45, 7) is 0. The highest BCUT2D eigenvalue weighted by Gasteiger charge is 2.44. The SMILES string of the molecule is COc1cc(Cl)c2[nH]c(=O)c3sccc3c2c1-c1ccc(C2(N(C)C(=O)O)CCC2)cc1. The molecule has 32 heavy (non-hydrogen) atoms. The molecule has 2 aromatic carbocycles. The van der Waals surface area contributed by atoms with E-state index in [1.54, 1.807) is 20.2 Å². The number of amides is 1. The molecule has 5 rings (SSSR count). The first-order valence-electron chi connectivity index (χ1n) is 10.2. The molecule has 8 heteroatoms. The van der Waals surface area contributed by atoms with Crippen molar-refractivity contribution < 1.29 is 14.6 Å². The Morgan fingerprint density at radius 2 is 1.97 bits per heavy atom. The van der Waals surface area contributed by atoms with Crippen LogP contribution in [-0.2, 0) is 5.54 Å². The molecule has 1 aliphatic carbocycles. The molecule has 0 spiro atoms. The molecule has 1 amide bonds. The van der Waals surface area contributed by atoms with Gasteiger partial charge in [-0.15, -0.1) is 11.3 Å². The first-order valence-corrected chi connectivity index (χ1v) is 11.5. The topological polar surface area (TPSA) is 82.6 Å². The molecule has 6 nitrogen and oxygen atoms in total. The van der Waals surface area contributed by atoms with E-state index in [0.717, 1.165) is 46.7 Å². The molecular weight excluding hydrogens is 448 g/mol. The van der Waals surface area contributed by atoms with Crippen LogP contribution in [0.5, 0.6) is 5.75 Å². The third-order valence-corrected chi connectivity index (χ3v) is 7.87. The van der Waals surface area contributed by atoms with Crippen LogP contribution in [0.2, 0.25) is 5.02 Å². The Morgan fingerprint density at radius 3 is 2.56 bits per heavy atom. The second-order valence-corrected chi connectivity index (χ2v) is 9.43. The van der Waals surface area contributed by atoms with Crippen LogP contribution in [0, 0.1) is 0 Å². The molecule has 0 aliphatic heterocycles. The minimum atomic E-state index is -0.928. The number of nitrogens with zero attached hydrogens (tertiary/aromatic N) is 1. The van der Waals surface area contributed by atoms with Crippen LogP contribution < -0.4 is 10.3 Å².